The minimum atomic E-state index is -5.05. The Morgan fingerprint density at radius 3 is 2.50 bits per heavy atom. The van der Waals surface area contributed by atoms with Gasteiger partial charge in [0, 0.05) is 0 Å². The van der Waals surface area contributed by atoms with E-state index in [0.29, 0.717) is 6.20 Å². The zero-order valence-corrected chi connectivity index (χ0v) is 10.2. The number of nitro groups is 1. The van der Waals surface area contributed by atoms with Crippen LogP contribution in [-0.2, 0) is 0 Å². The summed E-state index contributed by atoms with van der Waals surface area (Å²) in [5.74, 6) is -3.74. The van der Waals surface area contributed by atoms with Gasteiger partial charge in [-0.25, -0.2) is 4.79 Å². The fourth-order valence-corrected chi connectivity index (χ4v) is 1.71. The number of carboxylic acid groups (broad SMARTS) is 1. The van der Waals surface area contributed by atoms with E-state index in [2.05, 4.69) is 9.72 Å². The van der Waals surface area contributed by atoms with Gasteiger partial charge in [0.1, 0.15) is 0 Å². The smallest absolute Gasteiger partial charge is 0.477 e. The van der Waals surface area contributed by atoms with Crippen molar-refractivity contribution in [1.29, 1.82) is 0 Å². The fraction of sp³-hybridized carbons (Fsp3) is 0.143. The molecule has 1 aromatic rings. The van der Waals surface area contributed by atoms with Crippen molar-refractivity contribution in [2.24, 2.45) is 0 Å². The van der Waals surface area contributed by atoms with Gasteiger partial charge < -0.3 is 20.0 Å². The van der Waals surface area contributed by atoms with Crippen LogP contribution in [0.5, 0.6) is 5.75 Å². The van der Waals surface area contributed by atoms with E-state index in [1.165, 1.54) is 22.6 Å². The molecule has 0 amide bonds. The van der Waals surface area contributed by atoms with Crippen molar-refractivity contribution in [1.82, 2.24) is 4.98 Å². The van der Waals surface area contributed by atoms with Crippen LogP contribution in [0.1, 0.15) is 10.4 Å². The Balaban J connectivity index is 3.40. The summed E-state index contributed by atoms with van der Waals surface area (Å²) < 4.78 is 38.9. The summed E-state index contributed by atoms with van der Waals surface area (Å²) in [6, 6.07) is 0. The van der Waals surface area contributed by atoms with Gasteiger partial charge in [-0.15, -0.1) is 13.2 Å². The number of carboxylic acids is 1. The first-order valence-corrected chi connectivity index (χ1v) is 5.03. The minimum absolute atomic E-state index is 0.444. The summed E-state index contributed by atoms with van der Waals surface area (Å²) in [6.07, 6.45) is -4.60. The molecule has 0 aromatic carbocycles. The van der Waals surface area contributed by atoms with Gasteiger partial charge >= 0.3 is 18.1 Å². The zero-order valence-electron chi connectivity index (χ0n) is 8.06. The summed E-state index contributed by atoms with van der Waals surface area (Å²) in [4.78, 5) is 23.2. The first-order valence-electron chi connectivity index (χ1n) is 3.95. The van der Waals surface area contributed by atoms with E-state index in [1.807, 2.05) is 0 Å². The largest absolute Gasteiger partial charge is 0.573 e. The van der Waals surface area contributed by atoms with Crippen LogP contribution < -0.4 is 4.74 Å². The van der Waals surface area contributed by atoms with Crippen LogP contribution in [-0.4, -0.2) is 27.3 Å². The monoisotopic (exact) mass is 378 g/mol. The average Bonchev–Trinajstić information content (AvgIpc) is 2.17. The molecule has 11 heteroatoms. The Labute approximate surface area is 110 Å². The Morgan fingerprint density at radius 1 is 1.56 bits per heavy atom. The molecule has 0 aliphatic carbocycles. The molecule has 1 N–H and O–H groups in total. The van der Waals surface area contributed by atoms with E-state index in [0.717, 1.165) is 0 Å². The maximum atomic E-state index is 12.0. The van der Waals surface area contributed by atoms with Gasteiger partial charge in [0.25, 0.3) is 0 Å². The van der Waals surface area contributed by atoms with Gasteiger partial charge in [0.15, 0.2) is 17.5 Å². The lowest BCUT2D eigenvalue weighted by molar-refractivity contribution is -0.390. The van der Waals surface area contributed by atoms with E-state index in [4.69, 9.17) is 5.11 Å². The first-order chi connectivity index (χ1) is 8.13. The lowest BCUT2D eigenvalue weighted by Gasteiger charge is -2.10. The first kappa shape index (κ1) is 14.4. The van der Waals surface area contributed by atoms with Crippen molar-refractivity contribution in [3.8, 4) is 5.75 Å². The molecule has 7 nitrogen and oxygen atoms in total. The molecule has 0 aliphatic heterocycles. The molecule has 0 atom stereocenters. The molecular weight excluding hydrogens is 376 g/mol. The lowest BCUT2D eigenvalue weighted by Crippen LogP contribution is -2.19. The van der Waals surface area contributed by atoms with Crippen LogP contribution >= 0.6 is 22.6 Å². The quantitative estimate of drug-likeness (QED) is 0.492. The third kappa shape index (κ3) is 3.18. The third-order valence-electron chi connectivity index (χ3n) is 1.58. The molecule has 0 bridgehead atoms. The molecule has 1 rings (SSSR count). The van der Waals surface area contributed by atoms with Gasteiger partial charge in [-0.2, -0.15) is 0 Å². The van der Waals surface area contributed by atoms with Crippen molar-refractivity contribution in [2.45, 2.75) is 6.36 Å². The van der Waals surface area contributed by atoms with Crippen LogP contribution in [0.15, 0.2) is 6.20 Å². The maximum absolute atomic E-state index is 12.0. The molecule has 0 unspecified atom stereocenters. The van der Waals surface area contributed by atoms with E-state index >= 15 is 0 Å². The summed E-state index contributed by atoms with van der Waals surface area (Å²) in [7, 11) is 0. The second-order valence-corrected chi connectivity index (χ2v) is 3.82. The van der Waals surface area contributed by atoms with E-state index in [1.54, 1.807) is 0 Å². The highest BCUT2D eigenvalue weighted by atomic mass is 127. The number of nitrogens with zero attached hydrogens (tertiary/aromatic N) is 2. The third-order valence-corrected chi connectivity index (χ3v) is 2.65. The van der Waals surface area contributed by atoms with E-state index < -0.39 is 38.0 Å². The molecule has 0 fully saturated rings. The summed E-state index contributed by atoms with van der Waals surface area (Å²) in [6.45, 7) is 0. The van der Waals surface area contributed by atoms with Crippen molar-refractivity contribution < 1.29 is 32.7 Å². The molecule has 98 valence electrons. The summed E-state index contributed by atoms with van der Waals surface area (Å²) in [5, 5.41) is 19.2. The van der Waals surface area contributed by atoms with Gasteiger partial charge in [0.05, 0.1) is 3.57 Å². The van der Waals surface area contributed by atoms with Crippen molar-refractivity contribution in [3.63, 3.8) is 0 Å². The molecule has 0 spiro atoms. The highest BCUT2D eigenvalue weighted by Crippen LogP contribution is 2.32. The summed E-state index contributed by atoms with van der Waals surface area (Å²) in [5.41, 5.74) is -0.956. The number of aromatic carboxylic acids is 1. The Hall–Kier alpha value is -1.66. The Kier molecular flexibility index (Phi) is 3.93. The molecule has 1 aromatic heterocycles. The van der Waals surface area contributed by atoms with E-state index in [9.17, 15) is 28.1 Å². The number of ether oxygens (including phenoxy) is 1. The molecule has 1 heterocycles. The number of carbonyl (C=O) groups is 1. The number of aromatic nitrogens is 1. The van der Waals surface area contributed by atoms with Crippen molar-refractivity contribution in [2.75, 3.05) is 0 Å². The summed E-state index contributed by atoms with van der Waals surface area (Å²) >= 11 is 1.20. The lowest BCUT2D eigenvalue weighted by atomic mass is 10.2. The molecule has 18 heavy (non-hydrogen) atoms. The molecule has 0 saturated carbocycles. The van der Waals surface area contributed by atoms with Crippen molar-refractivity contribution in [3.05, 3.63) is 25.4 Å². The Bertz CT molecular complexity index is 519. The second-order valence-electron chi connectivity index (χ2n) is 2.75. The SMILES string of the molecule is O=C(O)c1c([N+](=O)[O-])ncc(OC(F)(F)F)c1I. The van der Waals surface area contributed by atoms with Crippen LogP contribution in [0.4, 0.5) is 19.0 Å². The van der Waals surface area contributed by atoms with Crippen LogP contribution in [0.25, 0.3) is 0 Å². The van der Waals surface area contributed by atoms with Crippen LogP contribution in [0, 0.1) is 13.7 Å². The molecule has 0 saturated heterocycles. The fourth-order valence-electron chi connectivity index (χ4n) is 0.986. The van der Waals surface area contributed by atoms with Crippen LogP contribution in [0.3, 0.4) is 0 Å². The van der Waals surface area contributed by atoms with Crippen molar-refractivity contribution >= 4 is 34.4 Å². The number of hydrogen-bond acceptors (Lipinski definition) is 5. The number of pyridine rings is 1. The second kappa shape index (κ2) is 4.91. The normalized spacial score (nSPS) is 11.1. The number of alkyl halides is 3. The highest BCUT2D eigenvalue weighted by Gasteiger charge is 2.36. The zero-order chi connectivity index (χ0) is 14.1. The average molecular weight is 378 g/mol. The van der Waals surface area contributed by atoms with Gasteiger partial charge in [-0.3, -0.25) is 0 Å². The maximum Gasteiger partial charge on any atom is 0.573 e. The Morgan fingerprint density at radius 2 is 2.11 bits per heavy atom. The van der Waals surface area contributed by atoms with E-state index in [-0.39, 0.29) is 0 Å². The number of rotatable bonds is 3. The topological polar surface area (TPSA) is 103 Å². The number of hydrogen-bond donors (Lipinski definition) is 1. The minimum Gasteiger partial charge on any atom is -0.477 e. The molecule has 0 radical (unpaired) electrons. The molecule has 0 aliphatic rings. The van der Waals surface area contributed by atoms with Gasteiger partial charge in [0.2, 0.25) is 0 Å². The van der Waals surface area contributed by atoms with Gasteiger partial charge in [-0.1, -0.05) is 0 Å². The number of halogens is 4. The van der Waals surface area contributed by atoms with Gasteiger partial charge in [-0.05, 0) is 32.5 Å². The predicted octanol–water partition coefficient (Wildman–Crippen LogP) is 2.19. The predicted molar refractivity (Wildman–Crippen MR) is 57.3 cm³/mol. The highest BCUT2D eigenvalue weighted by molar-refractivity contribution is 14.1. The molecular formula is C7H2F3IN2O5. The van der Waals surface area contributed by atoms with Crippen LogP contribution in [0.2, 0.25) is 0 Å². The standard InChI is InChI=1S/C7H2F3IN2O5/c8-7(9,10)18-2-1-12-5(13(16)17)3(4(2)11)6(14)15/h1H,(H,14,15).